The van der Waals surface area contributed by atoms with Gasteiger partial charge in [0.25, 0.3) is 0 Å². The molecule has 0 saturated heterocycles. The monoisotopic (exact) mass is 481 g/mol. The molecule has 2 heterocycles. The lowest BCUT2D eigenvalue weighted by Gasteiger charge is -2.43. The second kappa shape index (κ2) is 7.16. The number of hydrogen-bond donors (Lipinski definition) is 0. The van der Waals surface area contributed by atoms with Gasteiger partial charge in [-0.05, 0) is 53.8 Å². The molecule has 0 fully saturated rings. The minimum atomic E-state index is -0.464. The number of halogens is 2. The van der Waals surface area contributed by atoms with Gasteiger partial charge in [0.15, 0.2) is 5.78 Å². The first-order valence-electron chi connectivity index (χ1n) is 10.2. The lowest BCUT2D eigenvalue weighted by molar-refractivity contribution is -0.136. The third-order valence-corrected chi connectivity index (χ3v) is 6.70. The van der Waals surface area contributed by atoms with Crippen molar-refractivity contribution in [2.75, 3.05) is 11.5 Å². The summed E-state index contributed by atoms with van der Waals surface area (Å²) in [6, 6.07) is 13.9. The molecule has 3 aliphatic rings. The molecule has 158 valence electrons. The summed E-state index contributed by atoms with van der Waals surface area (Å²) in [6.45, 7) is 4.28. The molecule has 5 rings (SSSR count). The van der Waals surface area contributed by atoms with Crippen molar-refractivity contribution in [2.24, 2.45) is 5.41 Å². The molecule has 1 aliphatic carbocycles. The molecule has 0 spiro atoms. The van der Waals surface area contributed by atoms with Gasteiger partial charge in [-0.2, -0.15) is 0 Å². The number of ketones is 1. The summed E-state index contributed by atoms with van der Waals surface area (Å²) in [5.74, 6) is -1.17. The number of carbonyl (C=O) groups excluding carboxylic acids is 2. The predicted molar refractivity (Wildman–Crippen MR) is 119 cm³/mol. The maximum absolute atomic E-state index is 13.6. The Morgan fingerprint density at radius 3 is 2.32 bits per heavy atom. The van der Waals surface area contributed by atoms with Crippen LogP contribution in [0.3, 0.4) is 0 Å². The number of esters is 1. The second-order valence-corrected chi connectivity index (χ2v) is 9.95. The molecule has 1 atom stereocenters. The van der Waals surface area contributed by atoms with E-state index in [0.29, 0.717) is 24.0 Å². The Labute approximate surface area is 188 Å². The molecular formula is C25H21BrFNO3. The van der Waals surface area contributed by atoms with Crippen LogP contribution in [0.5, 0.6) is 0 Å². The molecule has 0 bridgehead atoms. The first-order valence-corrected chi connectivity index (χ1v) is 11.0. The fraction of sp³-hybridized carbons (Fsp3) is 0.280. The van der Waals surface area contributed by atoms with Gasteiger partial charge in [-0.25, -0.2) is 9.18 Å². The number of rotatable bonds is 2. The van der Waals surface area contributed by atoms with Crippen molar-refractivity contribution in [3.63, 3.8) is 0 Å². The van der Waals surface area contributed by atoms with E-state index in [0.717, 1.165) is 27.1 Å². The quantitative estimate of drug-likeness (QED) is 0.520. The number of benzene rings is 2. The van der Waals surface area contributed by atoms with Crippen LogP contribution in [0.15, 0.2) is 75.5 Å². The molecule has 4 nitrogen and oxygen atoms in total. The molecule has 0 aromatic heterocycles. The molecular weight excluding hydrogens is 461 g/mol. The van der Waals surface area contributed by atoms with Crippen LogP contribution in [-0.4, -0.2) is 18.4 Å². The molecule has 2 aromatic rings. The summed E-state index contributed by atoms with van der Waals surface area (Å²) in [5.41, 5.74) is 4.13. The van der Waals surface area contributed by atoms with Crippen molar-refractivity contribution in [2.45, 2.75) is 32.6 Å². The largest absolute Gasteiger partial charge is 0.456 e. The molecule has 2 aliphatic heterocycles. The lowest BCUT2D eigenvalue weighted by atomic mass is 9.68. The first-order chi connectivity index (χ1) is 14.7. The van der Waals surface area contributed by atoms with E-state index in [4.69, 9.17) is 4.74 Å². The fourth-order valence-corrected chi connectivity index (χ4v) is 5.17. The maximum Gasteiger partial charge on any atom is 0.337 e. The minimum Gasteiger partial charge on any atom is -0.456 e. The van der Waals surface area contributed by atoms with Gasteiger partial charge < -0.3 is 9.64 Å². The Bertz CT molecular complexity index is 1160. The van der Waals surface area contributed by atoms with Crippen molar-refractivity contribution < 1.29 is 18.7 Å². The smallest absolute Gasteiger partial charge is 0.337 e. The molecule has 0 saturated carbocycles. The molecule has 0 radical (unpaired) electrons. The van der Waals surface area contributed by atoms with Crippen LogP contribution in [0, 0.1) is 11.2 Å². The van der Waals surface area contributed by atoms with Crippen LogP contribution >= 0.6 is 15.9 Å². The number of anilines is 1. The van der Waals surface area contributed by atoms with E-state index in [-0.39, 0.29) is 23.6 Å². The van der Waals surface area contributed by atoms with E-state index >= 15 is 0 Å². The number of cyclic esters (lactones) is 1. The predicted octanol–water partition coefficient (Wildman–Crippen LogP) is 5.65. The van der Waals surface area contributed by atoms with Crippen LogP contribution in [0.4, 0.5) is 10.1 Å². The fourth-order valence-electron chi connectivity index (χ4n) is 4.90. The standard InChI is InChI=1S/C25H21BrFNO3/c1-25(2)11-18-22(20(29)12-25)21(14-3-5-15(26)6-4-14)23-19(13-31-24(23)30)28(18)17-9-7-16(27)8-10-17/h3-10,21H,11-13H2,1-2H3. The highest BCUT2D eigenvalue weighted by Gasteiger charge is 2.48. The van der Waals surface area contributed by atoms with Crippen molar-refractivity contribution in [1.82, 2.24) is 0 Å². The van der Waals surface area contributed by atoms with E-state index in [9.17, 15) is 14.0 Å². The Morgan fingerprint density at radius 1 is 0.968 bits per heavy atom. The normalized spacial score (nSPS) is 22.5. The lowest BCUT2D eigenvalue weighted by Crippen LogP contribution is -2.40. The zero-order valence-electron chi connectivity index (χ0n) is 17.2. The van der Waals surface area contributed by atoms with Gasteiger partial charge in [0, 0.05) is 33.8 Å². The number of ether oxygens (including phenoxy) is 1. The zero-order valence-corrected chi connectivity index (χ0v) is 18.8. The van der Waals surface area contributed by atoms with E-state index < -0.39 is 11.9 Å². The topological polar surface area (TPSA) is 46.6 Å². The summed E-state index contributed by atoms with van der Waals surface area (Å²) in [5, 5.41) is 0. The number of Topliss-reactive ketones (excluding diaryl/α,β-unsaturated/α-hetero) is 1. The average Bonchev–Trinajstić information content (AvgIpc) is 3.08. The molecule has 6 heteroatoms. The highest BCUT2D eigenvalue weighted by atomic mass is 79.9. The Morgan fingerprint density at radius 2 is 1.65 bits per heavy atom. The molecule has 0 N–H and O–H groups in total. The van der Waals surface area contributed by atoms with Crippen molar-refractivity contribution >= 4 is 33.4 Å². The summed E-state index contributed by atoms with van der Waals surface area (Å²) >= 11 is 3.46. The number of nitrogens with zero attached hydrogens (tertiary/aromatic N) is 1. The first kappa shape index (κ1) is 20.2. The van der Waals surface area contributed by atoms with Gasteiger partial charge in [0.2, 0.25) is 0 Å². The van der Waals surface area contributed by atoms with Gasteiger partial charge in [-0.15, -0.1) is 0 Å². The third-order valence-electron chi connectivity index (χ3n) is 6.17. The van der Waals surface area contributed by atoms with Gasteiger partial charge in [-0.1, -0.05) is 41.9 Å². The van der Waals surface area contributed by atoms with E-state index in [1.54, 1.807) is 12.1 Å². The SMILES string of the molecule is CC1(C)CC(=O)C2=C(C1)N(c1ccc(F)cc1)C1=C(C(=O)OC1)C2c1ccc(Br)cc1. The number of carbonyl (C=O) groups is 2. The highest BCUT2D eigenvalue weighted by molar-refractivity contribution is 9.10. The van der Waals surface area contributed by atoms with Crippen LogP contribution < -0.4 is 4.90 Å². The Balaban J connectivity index is 1.78. The molecule has 2 aromatic carbocycles. The highest BCUT2D eigenvalue weighted by Crippen LogP contribution is 2.52. The van der Waals surface area contributed by atoms with Gasteiger partial charge >= 0.3 is 5.97 Å². The Kier molecular flexibility index (Phi) is 4.66. The van der Waals surface area contributed by atoms with Crippen molar-refractivity contribution in [3.8, 4) is 0 Å². The van der Waals surface area contributed by atoms with Crippen LogP contribution in [0.1, 0.15) is 38.2 Å². The van der Waals surface area contributed by atoms with Crippen LogP contribution in [0.25, 0.3) is 0 Å². The number of hydrogen-bond acceptors (Lipinski definition) is 4. The van der Waals surface area contributed by atoms with Gasteiger partial charge in [0.1, 0.15) is 12.4 Å². The molecule has 31 heavy (non-hydrogen) atoms. The zero-order chi connectivity index (χ0) is 21.9. The summed E-state index contributed by atoms with van der Waals surface area (Å²) in [4.78, 5) is 28.3. The van der Waals surface area contributed by atoms with Crippen LogP contribution in [0.2, 0.25) is 0 Å². The van der Waals surface area contributed by atoms with Crippen molar-refractivity contribution in [3.05, 3.63) is 86.9 Å². The third kappa shape index (κ3) is 3.33. The van der Waals surface area contributed by atoms with E-state index in [1.807, 2.05) is 29.2 Å². The van der Waals surface area contributed by atoms with E-state index in [2.05, 4.69) is 29.8 Å². The van der Waals surface area contributed by atoms with Crippen molar-refractivity contribution in [1.29, 1.82) is 0 Å². The number of allylic oxidation sites excluding steroid dienone is 2. The van der Waals surface area contributed by atoms with E-state index in [1.165, 1.54) is 12.1 Å². The Hall–Kier alpha value is -2.73. The van der Waals surface area contributed by atoms with Gasteiger partial charge in [-0.3, -0.25) is 4.79 Å². The maximum atomic E-state index is 13.6. The van der Waals surface area contributed by atoms with Crippen LogP contribution in [-0.2, 0) is 14.3 Å². The minimum absolute atomic E-state index is 0.0394. The summed E-state index contributed by atoms with van der Waals surface area (Å²) < 4.78 is 20.0. The molecule has 0 amide bonds. The average molecular weight is 482 g/mol. The molecule has 1 unspecified atom stereocenters. The van der Waals surface area contributed by atoms with Gasteiger partial charge in [0.05, 0.1) is 11.3 Å². The summed E-state index contributed by atoms with van der Waals surface area (Å²) in [6.07, 6.45) is 1.08. The summed E-state index contributed by atoms with van der Waals surface area (Å²) in [7, 11) is 0. The second-order valence-electron chi connectivity index (χ2n) is 9.03.